The highest BCUT2D eigenvalue weighted by molar-refractivity contribution is 6.39. The van der Waals surface area contributed by atoms with Gasteiger partial charge in [0.25, 0.3) is 5.91 Å². The first-order valence-corrected chi connectivity index (χ1v) is 6.67. The van der Waals surface area contributed by atoms with Gasteiger partial charge in [0.05, 0.1) is 6.61 Å². The molecule has 0 aromatic rings. The summed E-state index contributed by atoms with van der Waals surface area (Å²) >= 11 is 0. The third-order valence-electron chi connectivity index (χ3n) is 2.94. The van der Waals surface area contributed by atoms with Crippen LogP contribution in [-0.4, -0.2) is 59.6 Å². The van der Waals surface area contributed by atoms with Gasteiger partial charge in [0.1, 0.15) is 12.3 Å². The van der Waals surface area contributed by atoms with E-state index in [9.17, 15) is 14.4 Å². The molecule has 7 heteroatoms. The molecule has 0 aromatic heterocycles. The minimum atomic E-state index is -0.449. The zero-order chi connectivity index (χ0) is 15.3. The van der Waals surface area contributed by atoms with Crippen LogP contribution in [0.2, 0.25) is 0 Å². The van der Waals surface area contributed by atoms with Gasteiger partial charge in [0.2, 0.25) is 5.91 Å². The molecule has 0 aromatic carbocycles. The van der Waals surface area contributed by atoms with Crippen LogP contribution in [0.4, 0.5) is 0 Å². The molecule has 0 atom stereocenters. The molecule has 1 aliphatic heterocycles. The number of carbonyl (C=O) groups excluding carboxylic acids is 3. The van der Waals surface area contributed by atoms with Crippen LogP contribution in [0.25, 0.3) is 0 Å². The number of carbonyl (C=O) groups is 3. The van der Waals surface area contributed by atoms with E-state index in [1.54, 1.807) is 6.92 Å². The van der Waals surface area contributed by atoms with Crippen molar-refractivity contribution in [2.45, 2.75) is 39.7 Å². The summed E-state index contributed by atoms with van der Waals surface area (Å²) in [6.07, 6.45) is 0.556. The first-order valence-electron chi connectivity index (χ1n) is 6.67. The zero-order valence-electron chi connectivity index (χ0n) is 12.4. The summed E-state index contributed by atoms with van der Waals surface area (Å²) in [4.78, 5) is 36.7. The molecule has 7 nitrogen and oxygen atoms in total. The lowest BCUT2D eigenvalue weighted by atomic mass is 10.1. The number of amides is 2. The van der Waals surface area contributed by atoms with Crippen LogP contribution in [0.1, 0.15) is 33.6 Å². The summed E-state index contributed by atoms with van der Waals surface area (Å²) in [7, 11) is 1.51. The van der Waals surface area contributed by atoms with Crippen LogP contribution in [-0.2, 0) is 19.1 Å². The minimum Gasteiger partial charge on any atom is -0.465 e. The monoisotopic (exact) mass is 283 g/mol. The fourth-order valence-corrected chi connectivity index (χ4v) is 1.82. The van der Waals surface area contributed by atoms with E-state index >= 15 is 0 Å². The molecule has 0 unspecified atom stereocenters. The zero-order valence-corrected chi connectivity index (χ0v) is 12.4. The van der Waals surface area contributed by atoms with E-state index in [2.05, 4.69) is 5.10 Å². The number of rotatable bonds is 5. The Kier molecular flexibility index (Phi) is 5.66. The second-order valence-corrected chi connectivity index (χ2v) is 4.80. The largest absolute Gasteiger partial charge is 0.465 e. The highest BCUT2D eigenvalue weighted by Crippen LogP contribution is 2.11. The van der Waals surface area contributed by atoms with Crippen molar-refractivity contribution in [2.24, 2.45) is 5.10 Å². The average molecular weight is 283 g/mol. The Morgan fingerprint density at radius 2 is 2.05 bits per heavy atom. The first kappa shape index (κ1) is 16.1. The van der Waals surface area contributed by atoms with Gasteiger partial charge in [-0.1, -0.05) is 0 Å². The molecule has 1 rings (SSSR count). The van der Waals surface area contributed by atoms with E-state index in [1.165, 1.54) is 17.0 Å². The molecule has 1 heterocycles. The van der Waals surface area contributed by atoms with E-state index in [-0.39, 0.29) is 37.4 Å². The van der Waals surface area contributed by atoms with Crippen molar-refractivity contribution in [2.75, 3.05) is 20.2 Å². The Bertz CT molecular complexity index is 431. The molecule has 0 radical (unpaired) electrons. The van der Waals surface area contributed by atoms with Gasteiger partial charge in [-0.3, -0.25) is 14.4 Å². The summed E-state index contributed by atoms with van der Waals surface area (Å²) in [5, 5.41) is 5.14. The highest BCUT2D eigenvalue weighted by atomic mass is 16.5. The van der Waals surface area contributed by atoms with Gasteiger partial charge >= 0.3 is 5.97 Å². The molecule has 2 amide bonds. The Balaban J connectivity index is 2.82. The van der Waals surface area contributed by atoms with Gasteiger partial charge in [-0.25, -0.2) is 5.01 Å². The fraction of sp³-hybridized carbons (Fsp3) is 0.692. The van der Waals surface area contributed by atoms with Gasteiger partial charge in [-0.15, -0.1) is 0 Å². The summed E-state index contributed by atoms with van der Waals surface area (Å²) in [5.74, 6) is -0.897. The maximum Gasteiger partial charge on any atom is 0.325 e. The molecule has 0 spiro atoms. The van der Waals surface area contributed by atoms with E-state index in [0.29, 0.717) is 12.1 Å². The van der Waals surface area contributed by atoms with Crippen LogP contribution in [0.15, 0.2) is 5.10 Å². The maximum atomic E-state index is 12.4. The third kappa shape index (κ3) is 4.04. The van der Waals surface area contributed by atoms with Crippen molar-refractivity contribution in [3.63, 3.8) is 0 Å². The normalized spacial score (nSPS) is 15.2. The molecular weight excluding hydrogens is 262 g/mol. The van der Waals surface area contributed by atoms with Crippen LogP contribution < -0.4 is 0 Å². The Morgan fingerprint density at radius 1 is 1.40 bits per heavy atom. The minimum absolute atomic E-state index is 0.110. The predicted molar refractivity (Wildman–Crippen MR) is 72.9 cm³/mol. The number of hydrogen-bond acceptors (Lipinski definition) is 5. The van der Waals surface area contributed by atoms with E-state index < -0.39 is 5.97 Å². The molecule has 0 fully saturated rings. The van der Waals surface area contributed by atoms with E-state index in [0.717, 1.165) is 0 Å². The number of nitrogens with zero attached hydrogens (tertiary/aromatic N) is 3. The molecule has 112 valence electrons. The van der Waals surface area contributed by atoms with E-state index in [1.807, 2.05) is 13.8 Å². The fourth-order valence-electron chi connectivity index (χ4n) is 1.82. The third-order valence-corrected chi connectivity index (χ3v) is 2.94. The van der Waals surface area contributed by atoms with Gasteiger partial charge in [0, 0.05) is 25.9 Å². The van der Waals surface area contributed by atoms with Crippen molar-refractivity contribution in [1.82, 2.24) is 9.91 Å². The van der Waals surface area contributed by atoms with Crippen molar-refractivity contribution in [1.29, 1.82) is 0 Å². The summed E-state index contributed by atoms with van der Waals surface area (Å²) < 4.78 is 4.86. The quantitative estimate of drug-likeness (QED) is 0.684. The molecule has 0 saturated carbocycles. The Hall–Kier alpha value is -1.92. The van der Waals surface area contributed by atoms with Crippen LogP contribution in [0, 0.1) is 0 Å². The van der Waals surface area contributed by atoms with Crippen LogP contribution in [0.3, 0.4) is 0 Å². The summed E-state index contributed by atoms with van der Waals surface area (Å²) in [5.41, 5.74) is 0.296. The Labute approximate surface area is 118 Å². The molecule has 20 heavy (non-hydrogen) atoms. The number of hydrogen-bond donors (Lipinski definition) is 0. The van der Waals surface area contributed by atoms with Crippen molar-refractivity contribution < 1.29 is 19.1 Å². The highest BCUT2D eigenvalue weighted by Gasteiger charge is 2.28. The number of hydrazone groups is 1. The van der Waals surface area contributed by atoms with Crippen molar-refractivity contribution >= 4 is 23.5 Å². The summed E-state index contributed by atoms with van der Waals surface area (Å²) in [6.45, 7) is 5.51. The smallest absolute Gasteiger partial charge is 0.325 e. The van der Waals surface area contributed by atoms with E-state index in [4.69, 9.17) is 4.74 Å². The molecule has 0 aliphatic carbocycles. The maximum absolute atomic E-state index is 12.4. The SMILES string of the molecule is CCOC(=O)CN(C(=O)C1=NN(C)C(=O)CC1)C(C)C. The lowest BCUT2D eigenvalue weighted by Crippen LogP contribution is -2.46. The summed E-state index contributed by atoms with van der Waals surface area (Å²) in [6, 6.07) is -0.155. The van der Waals surface area contributed by atoms with Crippen LogP contribution in [0.5, 0.6) is 0 Å². The van der Waals surface area contributed by atoms with Gasteiger partial charge in [-0.05, 0) is 20.8 Å². The topological polar surface area (TPSA) is 79.3 Å². The predicted octanol–water partition coefficient (Wildman–Crippen LogP) is 0.395. The second-order valence-electron chi connectivity index (χ2n) is 4.80. The number of esters is 1. The lowest BCUT2D eigenvalue weighted by Gasteiger charge is -2.28. The van der Waals surface area contributed by atoms with Crippen molar-refractivity contribution in [3.05, 3.63) is 0 Å². The van der Waals surface area contributed by atoms with Gasteiger partial charge in [-0.2, -0.15) is 5.10 Å². The van der Waals surface area contributed by atoms with Gasteiger partial charge < -0.3 is 9.64 Å². The molecule has 0 bridgehead atoms. The first-order chi connectivity index (χ1) is 9.36. The Morgan fingerprint density at radius 3 is 2.55 bits per heavy atom. The lowest BCUT2D eigenvalue weighted by molar-refractivity contribution is -0.148. The average Bonchev–Trinajstić information content (AvgIpc) is 2.38. The standard InChI is InChI=1S/C13H21N3O4/c1-5-20-12(18)8-16(9(2)3)13(19)10-6-7-11(17)15(4)14-10/h9H,5-8H2,1-4H3. The van der Waals surface area contributed by atoms with Gasteiger partial charge in [0.15, 0.2) is 0 Å². The molecule has 0 saturated heterocycles. The van der Waals surface area contributed by atoms with Crippen molar-refractivity contribution in [3.8, 4) is 0 Å². The molecule has 0 N–H and O–H groups in total. The van der Waals surface area contributed by atoms with Crippen LogP contribution >= 0.6 is 0 Å². The molecule has 1 aliphatic rings. The number of ether oxygens (including phenoxy) is 1. The second kappa shape index (κ2) is 7.02. The molecular formula is C13H21N3O4.